The summed E-state index contributed by atoms with van der Waals surface area (Å²) < 4.78 is 52.1. The lowest BCUT2D eigenvalue weighted by molar-refractivity contribution is 0.0701. The van der Waals surface area contributed by atoms with Crippen LogP contribution >= 0.6 is 11.3 Å². The second-order valence-electron chi connectivity index (χ2n) is 5.92. The van der Waals surface area contributed by atoms with Crippen LogP contribution in [0.2, 0.25) is 0 Å². The molecule has 27 heavy (non-hydrogen) atoms. The number of carbonyl (C=O) groups is 1. The molecule has 2 aromatic carbocycles. The first-order valence-electron chi connectivity index (χ1n) is 7.79. The zero-order valence-electron chi connectivity index (χ0n) is 14.1. The number of rotatable bonds is 5. The van der Waals surface area contributed by atoms with E-state index in [-0.39, 0.29) is 20.9 Å². The molecule has 0 aliphatic heterocycles. The Morgan fingerprint density at radius 3 is 2.41 bits per heavy atom. The largest absolute Gasteiger partial charge is 0.477 e. The molecule has 1 heterocycles. The number of hydrogen-bond donors (Lipinski definition) is 1. The van der Waals surface area contributed by atoms with Gasteiger partial charge >= 0.3 is 5.97 Å². The molecule has 0 fully saturated rings. The van der Waals surface area contributed by atoms with Gasteiger partial charge in [-0.3, -0.25) is 0 Å². The Hall–Kier alpha value is -2.58. The molecule has 3 aromatic rings. The molecule has 0 aliphatic rings. The van der Waals surface area contributed by atoms with Gasteiger partial charge in [-0.2, -0.15) is 0 Å². The number of carboxylic acids is 1. The Labute approximate surface area is 158 Å². The van der Waals surface area contributed by atoms with Crippen LogP contribution in [0.1, 0.15) is 20.8 Å². The van der Waals surface area contributed by atoms with Crippen molar-refractivity contribution in [3.63, 3.8) is 0 Å². The van der Waals surface area contributed by atoms with E-state index in [9.17, 15) is 27.1 Å². The van der Waals surface area contributed by atoms with Crippen molar-refractivity contribution in [3.8, 4) is 10.4 Å². The van der Waals surface area contributed by atoms with E-state index in [2.05, 4.69) is 0 Å². The Balaban J connectivity index is 2.05. The highest BCUT2D eigenvalue weighted by atomic mass is 32.2. The molecule has 0 amide bonds. The molecule has 0 radical (unpaired) electrons. The fourth-order valence-corrected chi connectivity index (χ4v) is 5.44. The second kappa shape index (κ2) is 7.21. The average molecular weight is 408 g/mol. The lowest BCUT2D eigenvalue weighted by atomic mass is 10.1. The minimum absolute atomic E-state index is 0.107. The molecule has 1 aromatic heterocycles. The topological polar surface area (TPSA) is 71.4 Å². The summed E-state index contributed by atoms with van der Waals surface area (Å²) in [5, 5.41) is 9.43. The van der Waals surface area contributed by atoms with Crippen molar-refractivity contribution in [2.45, 2.75) is 17.6 Å². The molecule has 0 saturated heterocycles. The molecule has 0 saturated carbocycles. The molecule has 0 unspecified atom stereocenters. The number of aryl methyl sites for hydroxylation is 1. The van der Waals surface area contributed by atoms with Gasteiger partial charge in [0.1, 0.15) is 4.88 Å². The monoisotopic (exact) mass is 408 g/mol. The molecule has 4 nitrogen and oxygen atoms in total. The van der Waals surface area contributed by atoms with Gasteiger partial charge in [-0.05, 0) is 47.9 Å². The summed E-state index contributed by atoms with van der Waals surface area (Å²) in [6.07, 6.45) is 0. The maximum Gasteiger partial charge on any atom is 0.346 e. The average Bonchev–Trinajstić information content (AvgIpc) is 3.01. The zero-order valence-corrected chi connectivity index (χ0v) is 15.7. The van der Waals surface area contributed by atoms with Crippen LogP contribution in [0.15, 0.2) is 53.4 Å². The number of sulfone groups is 1. The molecule has 0 spiro atoms. The van der Waals surface area contributed by atoms with Crippen LogP contribution in [0.25, 0.3) is 10.4 Å². The first-order chi connectivity index (χ1) is 12.7. The smallest absolute Gasteiger partial charge is 0.346 e. The number of aromatic carboxylic acids is 1. The van der Waals surface area contributed by atoms with Crippen LogP contribution < -0.4 is 0 Å². The van der Waals surface area contributed by atoms with Gasteiger partial charge in [0.25, 0.3) is 0 Å². The van der Waals surface area contributed by atoms with Crippen molar-refractivity contribution < 1.29 is 27.1 Å². The van der Waals surface area contributed by atoms with E-state index >= 15 is 0 Å². The molecule has 140 valence electrons. The Morgan fingerprint density at radius 1 is 1.07 bits per heavy atom. The quantitative estimate of drug-likeness (QED) is 0.666. The molecule has 3 rings (SSSR count). The fraction of sp³-hybridized carbons (Fsp3) is 0.105. The first kappa shape index (κ1) is 19.2. The maximum atomic E-state index is 13.5. The molecule has 0 aliphatic carbocycles. The normalized spacial score (nSPS) is 11.5. The summed E-state index contributed by atoms with van der Waals surface area (Å²) in [6.45, 7) is 1.66. The molecule has 0 atom stereocenters. The summed E-state index contributed by atoms with van der Waals surface area (Å²) >= 11 is 0.822. The van der Waals surface area contributed by atoms with E-state index in [1.165, 1.54) is 18.2 Å². The third-order valence-electron chi connectivity index (χ3n) is 3.98. The predicted molar refractivity (Wildman–Crippen MR) is 98.7 cm³/mol. The van der Waals surface area contributed by atoms with Crippen LogP contribution in [-0.4, -0.2) is 19.5 Å². The highest BCUT2D eigenvalue weighted by Gasteiger charge is 2.24. The number of halogens is 2. The van der Waals surface area contributed by atoms with Gasteiger partial charge in [0.15, 0.2) is 21.5 Å². The van der Waals surface area contributed by atoms with Crippen LogP contribution in [0.3, 0.4) is 0 Å². The van der Waals surface area contributed by atoms with E-state index in [0.717, 1.165) is 23.5 Å². The zero-order chi connectivity index (χ0) is 19.8. The minimum Gasteiger partial charge on any atom is -0.477 e. The summed E-state index contributed by atoms with van der Waals surface area (Å²) in [4.78, 5) is 11.9. The predicted octanol–water partition coefficient (Wildman–Crippen LogP) is 4.67. The number of benzene rings is 2. The summed E-state index contributed by atoms with van der Waals surface area (Å²) in [6, 6.07) is 11.0. The Bertz CT molecular complexity index is 1130. The number of thiophene rings is 1. The maximum absolute atomic E-state index is 13.5. The fourth-order valence-electron chi connectivity index (χ4n) is 2.70. The number of hydrogen-bond acceptors (Lipinski definition) is 4. The highest BCUT2D eigenvalue weighted by molar-refractivity contribution is 7.90. The Morgan fingerprint density at radius 2 is 1.78 bits per heavy atom. The van der Waals surface area contributed by atoms with E-state index in [4.69, 9.17) is 0 Å². The van der Waals surface area contributed by atoms with Gasteiger partial charge in [-0.15, -0.1) is 11.3 Å². The van der Waals surface area contributed by atoms with Crippen LogP contribution in [0.4, 0.5) is 8.78 Å². The van der Waals surface area contributed by atoms with Crippen LogP contribution in [-0.2, 0) is 15.6 Å². The van der Waals surface area contributed by atoms with Crippen molar-refractivity contribution in [3.05, 3.63) is 76.2 Å². The molecular formula is C19H14F2O4S2. The third kappa shape index (κ3) is 3.91. The molecule has 8 heteroatoms. The van der Waals surface area contributed by atoms with Gasteiger partial charge in [0.05, 0.1) is 10.6 Å². The third-order valence-corrected chi connectivity index (χ3v) is 7.02. The minimum atomic E-state index is -3.77. The van der Waals surface area contributed by atoms with E-state index in [1.54, 1.807) is 25.1 Å². The van der Waals surface area contributed by atoms with Gasteiger partial charge in [-0.1, -0.05) is 24.3 Å². The SMILES string of the molecule is Cc1ccccc1S(=O)(=O)Cc1cc(-c2ccc(F)c(F)c2)sc1C(=O)O. The van der Waals surface area contributed by atoms with Crippen molar-refractivity contribution in [1.29, 1.82) is 0 Å². The standard InChI is InChI=1S/C19H14F2O4S2/c1-11-4-2-3-5-17(11)27(24,25)10-13-9-16(26-18(13)19(22)23)12-6-7-14(20)15(21)8-12/h2-9H,10H2,1H3,(H,22,23). The van der Waals surface area contributed by atoms with Gasteiger partial charge in [0, 0.05) is 4.88 Å². The van der Waals surface area contributed by atoms with Gasteiger partial charge < -0.3 is 5.11 Å². The molecule has 0 bridgehead atoms. The van der Waals surface area contributed by atoms with E-state index < -0.39 is 33.2 Å². The summed E-state index contributed by atoms with van der Waals surface area (Å²) in [5.41, 5.74) is 0.946. The summed E-state index contributed by atoms with van der Waals surface area (Å²) in [5.74, 6) is -3.86. The first-order valence-corrected chi connectivity index (χ1v) is 10.3. The second-order valence-corrected chi connectivity index (χ2v) is 8.93. The van der Waals surface area contributed by atoms with Gasteiger partial charge in [0.2, 0.25) is 0 Å². The highest BCUT2D eigenvalue weighted by Crippen LogP contribution is 2.34. The lowest BCUT2D eigenvalue weighted by Crippen LogP contribution is -2.08. The molecule has 1 N–H and O–H groups in total. The van der Waals surface area contributed by atoms with Crippen LogP contribution in [0.5, 0.6) is 0 Å². The van der Waals surface area contributed by atoms with Gasteiger partial charge in [-0.25, -0.2) is 22.0 Å². The van der Waals surface area contributed by atoms with Crippen molar-refractivity contribution in [2.24, 2.45) is 0 Å². The van der Waals surface area contributed by atoms with Crippen molar-refractivity contribution in [2.75, 3.05) is 0 Å². The number of carboxylic acid groups (broad SMARTS) is 1. The lowest BCUT2D eigenvalue weighted by Gasteiger charge is -2.07. The summed E-state index contributed by atoms with van der Waals surface area (Å²) in [7, 11) is -3.77. The van der Waals surface area contributed by atoms with Crippen molar-refractivity contribution >= 4 is 27.1 Å². The Kier molecular flexibility index (Phi) is 5.12. The van der Waals surface area contributed by atoms with Crippen molar-refractivity contribution in [1.82, 2.24) is 0 Å². The molecular weight excluding hydrogens is 394 g/mol. The van der Waals surface area contributed by atoms with E-state index in [1.807, 2.05) is 0 Å². The van der Waals surface area contributed by atoms with E-state index in [0.29, 0.717) is 10.4 Å². The van der Waals surface area contributed by atoms with Crippen LogP contribution in [0, 0.1) is 18.6 Å².